The normalized spacial score (nSPS) is 10.6. The molecule has 3 nitrogen and oxygen atoms in total. The van der Waals surface area contributed by atoms with Gasteiger partial charge in [-0.1, -0.05) is 6.92 Å². The van der Waals surface area contributed by atoms with Crippen molar-refractivity contribution in [2.75, 3.05) is 24.5 Å². The van der Waals surface area contributed by atoms with Crippen molar-refractivity contribution in [2.45, 2.75) is 33.7 Å². The van der Waals surface area contributed by atoms with Crippen LogP contribution in [0, 0.1) is 0 Å². The molecule has 1 rings (SSSR count). The fraction of sp³-hybridized carbons (Fsp3) is 0.727. The summed E-state index contributed by atoms with van der Waals surface area (Å²) in [6, 6.07) is 0. The summed E-state index contributed by atoms with van der Waals surface area (Å²) in [5.41, 5.74) is 0. The highest BCUT2D eigenvalue weighted by Gasteiger charge is 2.06. The first-order valence-electron chi connectivity index (χ1n) is 5.72. The molecule has 0 aliphatic heterocycles. The van der Waals surface area contributed by atoms with E-state index in [4.69, 9.17) is 0 Å². The van der Waals surface area contributed by atoms with Crippen molar-refractivity contribution >= 4 is 16.5 Å². The van der Waals surface area contributed by atoms with Crippen LogP contribution < -0.4 is 10.2 Å². The van der Waals surface area contributed by atoms with E-state index < -0.39 is 0 Å². The van der Waals surface area contributed by atoms with E-state index in [1.165, 1.54) is 11.3 Å². The molecule has 86 valence electrons. The zero-order valence-electron chi connectivity index (χ0n) is 9.92. The Morgan fingerprint density at radius 1 is 1.33 bits per heavy atom. The Kier molecular flexibility index (Phi) is 5.65. The third kappa shape index (κ3) is 3.80. The third-order valence-corrected chi connectivity index (χ3v) is 3.36. The van der Waals surface area contributed by atoms with E-state index in [2.05, 4.69) is 36.0 Å². The lowest BCUT2D eigenvalue weighted by Gasteiger charge is -2.16. The zero-order chi connectivity index (χ0) is 11.1. The Labute approximate surface area is 96.5 Å². The van der Waals surface area contributed by atoms with Crippen LogP contribution in [0.5, 0.6) is 0 Å². The van der Waals surface area contributed by atoms with Crippen LogP contribution in [0.1, 0.15) is 32.1 Å². The molecule has 0 fully saturated rings. The monoisotopic (exact) mass is 227 g/mol. The standard InChI is InChI=1S/C11H21N3S/c1-4-7-12-8-10-9-13-11(15-10)14(5-2)6-3/h9,12H,4-8H2,1-3H3. The summed E-state index contributed by atoms with van der Waals surface area (Å²) in [6.07, 6.45) is 3.17. The Hall–Kier alpha value is -0.610. The van der Waals surface area contributed by atoms with Crippen molar-refractivity contribution in [3.05, 3.63) is 11.1 Å². The fourth-order valence-corrected chi connectivity index (χ4v) is 2.41. The molecule has 0 atom stereocenters. The molecule has 0 unspecified atom stereocenters. The number of nitrogens with zero attached hydrogens (tertiary/aromatic N) is 2. The molecule has 0 aliphatic carbocycles. The topological polar surface area (TPSA) is 28.2 Å². The summed E-state index contributed by atoms with van der Waals surface area (Å²) < 4.78 is 0. The van der Waals surface area contributed by atoms with Gasteiger partial charge in [-0.15, -0.1) is 11.3 Å². The van der Waals surface area contributed by atoms with Gasteiger partial charge in [0, 0.05) is 30.7 Å². The molecule has 0 saturated carbocycles. The first-order chi connectivity index (χ1) is 7.31. The quantitative estimate of drug-likeness (QED) is 0.725. The van der Waals surface area contributed by atoms with Gasteiger partial charge in [-0.3, -0.25) is 0 Å². The van der Waals surface area contributed by atoms with Gasteiger partial charge in [0.05, 0.1) is 0 Å². The zero-order valence-corrected chi connectivity index (χ0v) is 10.7. The number of nitrogens with one attached hydrogen (secondary N) is 1. The van der Waals surface area contributed by atoms with Gasteiger partial charge in [0.25, 0.3) is 0 Å². The van der Waals surface area contributed by atoms with E-state index >= 15 is 0 Å². The third-order valence-electron chi connectivity index (χ3n) is 2.30. The molecule has 1 N–H and O–H groups in total. The van der Waals surface area contributed by atoms with Crippen LogP contribution in [0.3, 0.4) is 0 Å². The number of anilines is 1. The number of rotatable bonds is 7. The Balaban J connectivity index is 2.47. The van der Waals surface area contributed by atoms with Crippen molar-refractivity contribution in [3.63, 3.8) is 0 Å². The van der Waals surface area contributed by atoms with E-state index in [1.54, 1.807) is 11.3 Å². The van der Waals surface area contributed by atoms with Crippen molar-refractivity contribution in [1.82, 2.24) is 10.3 Å². The van der Waals surface area contributed by atoms with E-state index in [0.717, 1.165) is 31.3 Å². The van der Waals surface area contributed by atoms with Gasteiger partial charge >= 0.3 is 0 Å². The highest BCUT2D eigenvalue weighted by Crippen LogP contribution is 2.21. The number of hydrogen-bond donors (Lipinski definition) is 1. The minimum Gasteiger partial charge on any atom is -0.349 e. The molecule has 0 amide bonds. The summed E-state index contributed by atoms with van der Waals surface area (Å²) in [5.74, 6) is 0. The summed E-state index contributed by atoms with van der Waals surface area (Å²) in [5, 5.41) is 4.54. The molecule has 1 aromatic rings. The predicted octanol–water partition coefficient (Wildman–Crippen LogP) is 2.49. The summed E-state index contributed by atoms with van der Waals surface area (Å²) in [7, 11) is 0. The van der Waals surface area contributed by atoms with Crippen LogP contribution in [0.4, 0.5) is 5.13 Å². The smallest absolute Gasteiger partial charge is 0.185 e. The molecule has 0 aromatic carbocycles. The van der Waals surface area contributed by atoms with Crippen molar-refractivity contribution < 1.29 is 0 Å². The molecule has 1 heterocycles. The Bertz CT molecular complexity index is 269. The second-order valence-corrected chi connectivity index (χ2v) is 4.55. The van der Waals surface area contributed by atoms with Crippen LogP contribution >= 0.6 is 11.3 Å². The molecule has 0 saturated heterocycles. The average Bonchev–Trinajstić information content (AvgIpc) is 2.69. The maximum atomic E-state index is 4.44. The van der Waals surface area contributed by atoms with Gasteiger partial charge in [-0.2, -0.15) is 0 Å². The highest BCUT2D eigenvalue weighted by atomic mass is 32.1. The molecular weight excluding hydrogens is 206 g/mol. The number of hydrogen-bond acceptors (Lipinski definition) is 4. The van der Waals surface area contributed by atoms with E-state index in [-0.39, 0.29) is 0 Å². The molecule has 0 spiro atoms. The van der Waals surface area contributed by atoms with Crippen molar-refractivity contribution in [2.24, 2.45) is 0 Å². The second-order valence-electron chi connectivity index (χ2n) is 3.46. The van der Waals surface area contributed by atoms with E-state index in [1.807, 2.05) is 6.20 Å². The lowest BCUT2D eigenvalue weighted by Crippen LogP contribution is -2.21. The van der Waals surface area contributed by atoms with Crippen LogP contribution in [-0.4, -0.2) is 24.6 Å². The summed E-state index contributed by atoms with van der Waals surface area (Å²) >= 11 is 1.79. The molecule has 1 aromatic heterocycles. The van der Waals surface area contributed by atoms with Gasteiger partial charge in [0.2, 0.25) is 0 Å². The van der Waals surface area contributed by atoms with Gasteiger partial charge in [-0.25, -0.2) is 4.98 Å². The molecule has 15 heavy (non-hydrogen) atoms. The molecule has 4 heteroatoms. The lowest BCUT2D eigenvalue weighted by atomic mass is 10.4. The van der Waals surface area contributed by atoms with Gasteiger partial charge in [0.1, 0.15) is 0 Å². The van der Waals surface area contributed by atoms with Crippen LogP contribution in [0.2, 0.25) is 0 Å². The van der Waals surface area contributed by atoms with Gasteiger partial charge in [0.15, 0.2) is 5.13 Å². The molecule has 0 aliphatic rings. The average molecular weight is 227 g/mol. The molecule has 0 radical (unpaired) electrons. The van der Waals surface area contributed by atoms with E-state index in [9.17, 15) is 0 Å². The number of thiazole rings is 1. The second kappa shape index (κ2) is 6.80. The van der Waals surface area contributed by atoms with Crippen LogP contribution in [-0.2, 0) is 6.54 Å². The van der Waals surface area contributed by atoms with Gasteiger partial charge in [-0.05, 0) is 26.8 Å². The highest BCUT2D eigenvalue weighted by molar-refractivity contribution is 7.15. The van der Waals surface area contributed by atoms with Crippen molar-refractivity contribution in [1.29, 1.82) is 0 Å². The maximum absolute atomic E-state index is 4.44. The first kappa shape index (κ1) is 12.5. The van der Waals surface area contributed by atoms with Crippen LogP contribution in [0.25, 0.3) is 0 Å². The molecule has 0 bridgehead atoms. The molecular formula is C11H21N3S. The van der Waals surface area contributed by atoms with Gasteiger partial charge < -0.3 is 10.2 Å². The summed E-state index contributed by atoms with van der Waals surface area (Å²) in [6.45, 7) is 10.6. The van der Waals surface area contributed by atoms with Crippen LogP contribution in [0.15, 0.2) is 6.20 Å². The maximum Gasteiger partial charge on any atom is 0.185 e. The first-order valence-corrected chi connectivity index (χ1v) is 6.53. The summed E-state index contributed by atoms with van der Waals surface area (Å²) in [4.78, 5) is 8.05. The Morgan fingerprint density at radius 3 is 2.67 bits per heavy atom. The Morgan fingerprint density at radius 2 is 2.07 bits per heavy atom. The van der Waals surface area contributed by atoms with E-state index in [0.29, 0.717) is 0 Å². The minimum atomic E-state index is 0.951. The SMILES string of the molecule is CCCNCc1cnc(N(CC)CC)s1. The minimum absolute atomic E-state index is 0.951. The predicted molar refractivity (Wildman–Crippen MR) is 67.7 cm³/mol. The largest absolute Gasteiger partial charge is 0.349 e. The lowest BCUT2D eigenvalue weighted by molar-refractivity contribution is 0.681. The number of aromatic nitrogens is 1. The van der Waals surface area contributed by atoms with Crippen molar-refractivity contribution in [3.8, 4) is 0 Å². The fourth-order valence-electron chi connectivity index (χ4n) is 1.41.